The highest BCUT2D eigenvalue weighted by molar-refractivity contribution is 5.88. The number of carboxylic acid groups (broad SMARTS) is 1. The predicted molar refractivity (Wildman–Crippen MR) is 82.6 cm³/mol. The Hall–Kier alpha value is -2.56. The van der Waals surface area contributed by atoms with Gasteiger partial charge in [0.2, 0.25) is 0 Å². The van der Waals surface area contributed by atoms with Crippen LogP contribution in [0.1, 0.15) is 29.9 Å². The average molecular weight is 299 g/mol. The van der Waals surface area contributed by atoms with Crippen LogP contribution in [0, 0.1) is 5.41 Å². The minimum absolute atomic E-state index is 0.109. The lowest BCUT2D eigenvalue weighted by atomic mass is 9.93. The second-order valence-corrected chi connectivity index (χ2v) is 6.05. The first-order chi connectivity index (χ1) is 10.4. The van der Waals surface area contributed by atoms with Gasteiger partial charge in [0.15, 0.2) is 5.43 Å². The summed E-state index contributed by atoms with van der Waals surface area (Å²) in [6.07, 6.45) is 9.34. The molecule has 1 aliphatic carbocycles. The minimum Gasteiger partial charge on any atom is -0.491 e. The Bertz CT molecular complexity index is 793. The third-order valence-corrected chi connectivity index (χ3v) is 3.83. The number of pyridine rings is 1. The fourth-order valence-corrected chi connectivity index (χ4v) is 2.56. The third-order valence-electron chi connectivity index (χ3n) is 3.83. The van der Waals surface area contributed by atoms with Crippen LogP contribution >= 0.6 is 0 Å². The van der Waals surface area contributed by atoms with Crippen LogP contribution in [0.2, 0.25) is 0 Å². The maximum Gasteiger partial charge on any atom is 0.341 e. The summed E-state index contributed by atoms with van der Waals surface area (Å²) in [5.74, 6) is -0.507. The molecular formula is C17H17NO4. The van der Waals surface area contributed by atoms with Gasteiger partial charge in [0.1, 0.15) is 17.9 Å². The van der Waals surface area contributed by atoms with E-state index in [-0.39, 0.29) is 11.0 Å². The molecule has 1 aromatic heterocycles. The number of aromatic carboxylic acids is 1. The highest BCUT2D eigenvalue weighted by Gasteiger charge is 2.22. The van der Waals surface area contributed by atoms with E-state index < -0.39 is 11.4 Å². The van der Waals surface area contributed by atoms with Crippen molar-refractivity contribution in [3.05, 3.63) is 63.8 Å². The SMILES string of the molecule is CC1(C)C=CC2=C(C=C1)c1cc(=O)c(C(=O)O)cn1CCO2. The van der Waals surface area contributed by atoms with E-state index in [2.05, 4.69) is 13.8 Å². The van der Waals surface area contributed by atoms with Gasteiger partial charge in [-0.2, -0.15) is 0 Å². The molecule has 5 heteroatoms. The summed E-state index contributed by atoms with van der Waals surface area (Å²) in [5.41, 5.74) is 0.658. The monoisotopic (exact) mass is 299 g/mol. The zero-order valence-corrected chi connectivity index (χ0v) is 12.5. The molecule has 3 rings (SSSR count). The molecule has 0 saturated carbocycles. The van der Waals surface area contributed by atoms with Crippen LogP contribution in [0.4, 0.5) is 0 Å². The number of allylic oxidation sites excluding steroid dienone is 5. The standard InChI is InChI=1S/C17H17NO4/c1-17(2)5-3-11-13-9-14(19)12(16(20)21)10-18(13)7-8-22-15(11)4-6-17/h3-6,9-10H,7-8H2,1-2H3,(H,20,21). The molecule has 0 atom stereocenters. The zero-order chi connectivity index (χ0) is 15.9. The normalized spacial score (nSPS) is 18.8. The van der Waals surface area contributed by atoms with Gasteiger partial charge in [-0.3, -0.25) is 4.79 Å². The minimum atomic E-state index is -1.21. The van der Waals surface area contributed by atoms with E-state index in [4.69, 9.17) is 9.84 Å². The highest BCUT2D eigenvalue weighted by atomic mass is 16.5. The van der Waals surface area contributed by atoms with Gasteiger partial charge >= 0.3 is 5.97 Å². The summed E-state index contributed by atoms with van der Waals surface area (Å²) in [4.78, 5) is 23.2. The van der Waals surface area contributed by atoms with E-state index in [0.717, 1.165) is 5.57 Å². The van der Waals surface area contributed by atoms with E-state index in [9.17, 15) is 9.59 Å². The van der Waals surface area contributed by atoms with Crippen LogP contribution in [0.15, 0.2) is 47.1 Å². The number of rotatable bonds is 1. The molecule has 0 amide bonds. The first-order valence-electron chi connectivity index (χ1n) is 7.11. The Morgan fingerprint density at radius 1 is 1.32 bits per heavy atom. The molecule has 1 aromatic rings. The number of hydrogen-bond donors (Lipinski definition) is 1. The zero-order valence-electron chi connectivity index (χ0n) is 12.5. The second kappa shape index (κ2) is 5.02. The van der Waals surface area contributed by atoms with Crippen molar-refractivity contribution in [1.82, 2.24) is 4.57 Å². The number of fused-ring (bicyclic) bond motifs is 2. The van der Waals surface area contributed by atoms with Crippen LogP contribution in [-0.4, -0.2) is 22.2 Å². The van der Waals surface area contributed by atoms with Crippen LogP contribution in [0.25, 0.3) is 5.57 Å². The average Bonchev–Trinajstić information content (AvgIpc) is 2.69. The Morgan fingerprint density at radius 3 is 2.77 bits per heavy atom. The van der Waals surface area contributed by atoms with Gasteiger partial charge < -0.3 is 14.4 Å². The molecule has 1 aliphatic heterocycles. The van der Waals surface area contributed by atoms with Crippen LogP contribution in [0.5, 0.6) is 0 Å². The highest BCUT2D eigenvalue weighted by Crippen LogP contribution is 2.31. The van der Waals surface area contributed by atoms with Gasteiger partial charge in [0, 0.05) is 23.3 Å². The maximum atomic E-state index is 12.0. The van der Waals surface area contributed by atoms with Gasteiger partial charge in [-0.1, -0.05) is 32.1 Å². The number of hydrogen-bond acceptors (Lipinski definition) is 3. The van der Waals surface area contributed by atoms with Gasteiger partial charge in [0.05, 0.1) is 12.2 Å². The topological polar surface area (TPSA) is 68.5 Å². The van der Waals surface area contributed by atoms with Gasteiger partial charge in [-0.05, 0) is 6.08 Å². The molecule has 0 unspecified atom stereocenters. The third kappa shape index (κ3) is 2.50. The summed E-state index contributed by atoms with van der Waals surface area (Å²) in [7, 11) is 0. The molecule has 0 spiro atoms. The van der Waals surface area contributed by atoms with Crippen molar-refractivity contribution < 1.29 is 14.6 Å². The number of ether oxygens (including phenoxy) is 1. The summed E-state index contributed by atoms with van der Waals surface area (Å²) in [6, 6.07) is 1.38. The Balaban J connectivity index is 2.22. The lowest BCUT2D eigenvalue weighted by molar-refractivity contribution is 0.0694. The van der Waals surface area contributed by atoms with Crippen molar-refractivity contribution in [2.24, 2.45) is 5.41 Å². The Morgan fingerprint density at radius 2 is 2.05 bits per heavy atom. The van der Waals surface area contributed by atoms with E-state index in [1.165, 1.54) is 12.3 Å². The van der Waals surface area contributed by atoms with E-state index in [1.54, 1.807) is 4.57 Å². The predicted octanol–water partition coefficient (Wildman–Crippen LogP) is 2.44. The lowest BCUT2D eigenvalue weighted by Gasteiger charge is -2.14. The van der Waals surface area contributed by atoms with Crippen LogP contribution in [-0.2, 0) is 11.3 Å². The van der Waals surface area contributed by atoms with Crippen molar-refractivity contribution in [3.8, 4) is 0 Å². The molecule has 5 nitrogen and oxygen atoms in total. The smallest absolute Gasteiger partial charge is 0.341 e. The molecule has 0 saturated heterocycles. The Kier molecular flexibility index (Phi) is 3.28. The van der Waals surface area contributed by atoms with Crippen LogP contribution < -0.4 is 5.43 Å². The number of aromatic nitrogens is 1. The van der Waals surface area contributed by atoms with E-state index >= 15 is 0 Å². The van der Waals surface area contributed by atoms with Gasteiger partial charge in [-0.15, -0.1) is 0 Å². The van der Waals surface area contributed by atoms with Gasteiger partial charge in [0.25, 0.3) is 0 Å². The molecular weight excluding hydrogens is 282 g/mol. The molecule has 114 valence electrons. The second-order valence-electron chi connectivity index (χ2n) is 6.05. The van der Waals surface area contributed by atoms with Crippen LogP contribution in [0.3, 0.4) is 0 Å². The van der Waals surface area contributed by atoms with Crippen molar-refractivity contribution in [2.45, 2.75) is 20.4 Å². The van der Waals surface area contributed by atoms with Crippen molar-refractivity contribution in [3.63, 3.8) is 0 Å². The van der Waals surface area contributed by atoms with Crippen molar-refractivity contribution >= 4 is 11.5 Å². The van der Waals surface area contributed by atoms with E-state index in [1.807, 2.05) is 24.3 Å². The summed E-state index contributed by atoms with van der Waals surface area (Å²) < 4.78 is 7.54. The maximum absolute atomic E-state index is 12.0. The summed E-state index contributed by atoms with van der Waals surface area (Å²) in [5, 5.41) is 9.10. The fourth-order valence-electron chi connectivity index (χ4n) is 2.56. The number of carboxylic acids is 1. The first-order valence-corrected chi connectivity index (χ1v) is 7.11. The summed E-state index contributed by atoms with van der Waals surface area (Å²) in [6.45, 7) is 5.07. The number of carbonyl (C=O) groups is 1. The first kappa shape index (κ1) is 14.4. The molecule has 22 heavy (non-hydrogen) atoms. The van der Waals surface area contributed by atoms with Gasteiger partial charge in [-0.25, -0.2) is 4.79 Å². The van der Waals surface area contributed by atoms with Crippen molar-refractivity contribution in [1.29, 1.82) is 0 Å². The quantitative estimate of drug-likeness (QED) is 0.865. The molecule has 0 fully saturated rings. The summed E-state index contributed by atoms with van der Waals surface area (Å²) >= 11 is 0. The molecule has 0 bridgehead atoms. The lowest BCUT2D eigenvalue weighted by Crippen LogP contribution is -2.20. The molecule has 2 heterocycles. The molecule has 0 aromatic carbocycles. The molecule has 2 aliphatic rings. The fraction of sp³-hybridized carbons (Fsp3) is 0.294. The van der Waals surface area contributed by atoms with E-state index in [0.29, 0.717) is 24.6 Å². The molecule has 0 radical (unpaired) electrons. The largest absolute Gasteiger partial charge is 0.491 e. The van der Waals surface area contributed by atoms with Crippen molar-refractivity contribution in [2.75, 3.05) is 6.61 Å². The Labute approximate surface area is 127 Å². The number of nitrogens with zero attached hydrogens (tertiary/aromatic N) is 1. The molecule has 1 N–H and O–H groups in total.